The van der Waals surface area contributed by atoms with Gasteiger partial charge in [-0.1, -0.05) is 13.3 Å². The van der Waals surface area contributed by atoms with E-state index in [1.807, 2.05) is 6.92 Å². The minimum atomic E-state index is -1.12. The van der Waals surface area contributed by atoms with Gasteiger partial charge in [-0.05, 0) is 24.6 Å². The predicted molar refractivity (Wildman–Crippen MR) is 66.9 cm³/mol. The Bertz CT molecular complexity index is 468. The van der Waals surface area contributed by atoms with Gasteiger partial charge in [0.25, 0.3) is 0 Å². The number of ether oxygens (including phenoxy) is 2. The molecular weight excluding hydrogens is 252 g/mol. The average molecular weight is 268 g/mol. The normalized spacial score (nSPS) is 11.7. The van der Waals surface area contributed by atoms with Gasteiger partial charge < -0.3 is 19.7 Å². The maximum Gasteiger partial charge on any atom is 0.344 e. The molecule has 1 unspecified atom stereocenters. The fourth-order valence-corrected chi connectivity index (χ4v) is 1.55. The topological polar surface area (TPSA) is 93.1 Å². The van der Waals surface area contributed by atoms with Crippen molar-refractivity contribution in [2.24, 2.45) is 0 Å². The molecule has 1 aromatic carbocycles. The molecule has 0 aliphatic rings. The Balaban J connectivity index is 3.05. The molecule has 0 aliphatic carbocycles. The van der Waals surface area contributed by atoms with E-state index in [0.717, 1.165) is 0 Å². The van der Waals surface area contributed by atoms with E-state index in [4.69, 9.17) is 19.7 Å². The first-order chi connectivity index (χ1) is 8.99. The van der Waals surface area contributed by atoms with Crippen molar-refractivity contribution in [3.63, 3.8) is 0 Å². The van der Waals surface area contributed by atoms with E-state index in [1.165, 1.54) is 25.3 Å². The molecule has 0 aliphatic heterocycles. The number of benzene rings is 1. The first-order valence-electron chi connectivity index (χ1n) is 5.80. The van der Waals surface area contributed by atoms with Gasteiger partial charge in [-0.25, -0.2) is 9.59 Å². The summed E-state index contributed by atoms with van der Waals surface area (Å²) in [6, 6.07) is 4.06. The van der Waals surface area contributed by atoms with Crippen LogP contribution in [-0.2, 0) is 4.79 Å². The fourth-order valence-electron chi connectivity index (χ4n) is 1.55. The molecule has 0 radical (unpaired) electrons. The molecule has 0 fully saturated rings. The number of carbonyl (C=O) groups is 2. The van der Waals surface area contributed by atoms with Gasteiger partial charge in [-0.3, -0.25) is 0 Å². The second-order valence-electron chi connectivity index (χ2n) is 3.90. The monoisotopic (exact) mass is 268 g/mol. The van der Waals surface area contributed by atoms with E-state index in [-0.39, 0.29) is 11.3 Å². The summed E-state index contributed by atoms with van der Waals surface area (Å²) in [6.45, 7) is 1.84. The molecular formula is C13H16O6. The van der Waals surface area contributed by atoms with Gasteiger partial charge in [-0.2, -0.15) is 0 Å². The van der Waals surface area contributed by atoms with Crippen molar-refractivity contribution in [2.75, 3.05) is 7.11 Å². The highest BCUT2D eigenvalue weighted by atomic mass is 16.5. The van der Waals surface area contributed by atoms with Gasteiger partial charge >= 0.3 is 11.9 Å². The van der Waals surface area contributed by atoms with E-state index in [0.29, 0.717) is 18.6 Å². The number of aliphatic carboxylic acids is 1. The van der Waals surface area contributed by atoms with Crippen LogP contribution in [-0.4, -0.2) is 35.4 Å². The van der Waals surface area contributed by atoms with Gasteiger partial charge in [0.05, 0.1) is 12.7 Å². The van der Waals surface area contributed by atoms with Crippen LogP contribution in [0.1, 0.15) is 30.1 Å². The molecule has 104 valence electrons. The van der Waals surface area contributed by atoms with Crippen molar-refractivity contribution < 1.29 is 29.3 Å². The molecule has 6 heteroatoms. The lowest BCUT2D eigenvalue weighted by Gasteiger charge is -2.16. The summed E-state index contributed by atoms with van der Waals surface area (Å²) in [5, 5.41) is 17.9. The molecule has 0 saturated carbocycles. The minimum absolute atomic E-state index is 0.0106. The van der Waals surface area contributed by atoms with Crippen molar-refractivity contribution in [2.45, 2.75) is 25.9 Å². The van der Waals surface area contributed by atoms with Crippen LogP contribution in [0.15, 0.2) is 18.2 Å². The van der Waals surface area contributed by atoms with Crippen molar-refractivity contribution in [3.8, 4) is 11.5 Å². The van der Waals surface area contributed by atoms with Crippen molar-refractivity contribution in [1.29, 1.82) is 0 Å². The van der Waals surface area contributed by atoms with Gasteiger partial charge in [0.1, 0.15) is 0 Å². The lowest BCUT2D eigenvalue weighted by molar-refractivity contribution is -0.145. The molecule has 0 spiro atoms. The molecule has 0 bridgehead atoms. The Kier molecular flexibility index (Phi) is 5.17. The highest BCUT2D eigenvalue weighted by Gasteiger charge is 2.21. The number of methoxy groups -OCH3 is 1. The smallest absolute Gasteiger partial charge is 0.344 e. The Morgan fingerprint density at radius 1 is 1.26 bits per heavy atom. The quantitative estimate of drug-likeness (QED) is 0.785. The molecule has 0 saturated heterocycles. The van der Waals surface area contributed by atoms with Crippen LogP contribution in [0.2, 0.25) is 0 Å². The van der Waals surface area contributed by atoms with E-state index >= 15 is 0 Å². The van der Waals surface area contributed by atoms with Gasteiger partial charge in [-0.15, -0.1) is 0 Å². The third kappa shape index (κ3) is 3.87. The molecule has 0 amide bonds. The standard InChI is InChI=1S/C13H16O6/c1-3-4-10(13(16)17)19-11-7-8(12(14)15)5-6-9(11)18-2/h5-7,10H,3-4H2,1-2H3,(H,14,15)(H,16,17). The Hall–Kier alpha value is -2.24. The number of hydrogen-bond donors (Lipinski definition) is 2. The maximum absolute atomic E-state index is 11.0. The predicted octanol–water partition coefficient (Wildman–Crippen LogP) is 2.03. The van der Waals surface area contributed by atoms with Crippen molar-refractivity contribution in [3.05, 3.63) is 23.8 Å². The first kappa shape index (κ1) is 14.8. The highest BCUT2D eigenvalue weighted by Crippen LogP contribution is 2.29. The largest absolute Gasteiger partial charge is 0.493 e. The molecule has 19 heavy (non-hydrogen) atoms. The van der Waals surface area contributed by atoms with Crippen LogP contribution in [0.5, 0.6) is 11.5 Å². The zero-order chi connectivity index (χ0) is 14.4. The first-order valence-corrected chi connectivity index (χ1v) is 5.80. The molecule has 0 heterocycles. The Morgan fingerprint density at radius 2 is 1.95 bits per heavy atom. The average Bonchev–Trinajstić information content (AvgIpc) is 2.37. The maximum atomic E-state index is 11.0. The summed E-state index contributed by atoms with van der Waals surface area (Å²) >= 11 is 0. The minimum Gasteiger partial charge on any atom is -0.493 e. The van der Waals surface area contributed by atoms with E-state index < -0.39 is 18.0 Å². The number of aromatic carboxylic acids is 1. The molecule has 2 N–H and O–H groups in total. The summed E-state index contributed by atoms with van der Waals surface area (Å²) in [5.74, 6) is -1.80. The summed E-state index contributed by atoms with van der Waals surface area (Å²) in [5.41, 5.74) is 0.0106. The Morgan fingerprint density at radius 3 is 2.42 bits per heavy atom. The van der Waals surface area contributed by atoms with Crippen LogP contribution in [0, 0.1) is 0 Å². The van der Waals surface area contributed by atoms with Crippen LogP contribution in [0.25, 0.3) is 0 Å². The number of rotatable bonds is 7. The molecule has 1 atom stereocenters. The van der Waals surface area contributed by atoms with Crippen molar-refractivity contribution in [1.82, 2.24) is 0 Å². The SMILES string of the molecule is CCCC(Oc1cc(C(=O)O)ccc1OC)C(=O)O. The lowest BCUT2D eigenvalue weighted by atomic mass is 10.2. The van der Waals surface area contributed by atoms with Gasteiger partial charge in [0, 0.05) is 0 Å². The summed E-state index contributed by atoms with van der Waals surface area (Å²) in [6.07, 6.45) is -0.0591. The van der Waals surface area contributed by atoms with Gasteiger partial charge in [0.2, 0.25) is 0 Å². The number of hydrogen-bond acceptors (Lipinski definition) is 4. The van der Waals surface area contributed by atoms with E-state index in [9.17, 15) is 9.59 Å². The third-order valence-electron chi connectivity index (χ3n) is 2.51. The third-order valence-corrected chi connectivity index (χ3v) is 2.51. The Labute approximate surface area is 110 Å². The number of carboxylic acid groups (broad SMARTS) is 2. The molecule has 6 nitrogen and oxygen atoms in total. The zero-order valence-corrected chi connectivity index (χ0v) is 10.8. The van der Waals surface area contributed by atoms with Gasteiger partial charge in [0.15, 0.2) is 17.6 Å². The highest BCUT2D eigenvalue weighted by molar-refractivity contribution is 5.88. The summed E-state index contributed by atoms with van der Waals surface area (Å²) in [7, 11) is 1.40. The van der Waals surface area contributed by atoms with E-state index in [2.05, 4.69) is 0 Å². The summed E-state index contributed by atoms with van der Waals surface area (Å²) < 4.78 is 10.4. The fraction of sp³-hybridized carbons (Fsp3) is 0.385. The molecule has 1 rings (SSSR count). The second kappa shape index (κ2) is 6.63. The van der Waals surface area contributed by atoms with E-state index in [1.54, 1.807) is 0 Å². The summed E-state index contributed by atoms with van der Waals surface area (Å²) in [4.78, 5) is 21.9. The molecule has 1 aromatic rings. The lowest BCUT2D eigenvalue weighted by Crippen LogP contribution is -2.27. The van der Waals surface area contributed by atoms with Crippen LogP contribution >= 0.6 is 0 Å². The van der Waals surface area contributed by atoms with Crippen molar-refractivity contribution >= 4 is 11.9 Å². The van der Waals surface area contributed by atoms with Crippen LogP contribution < -0.4 is 9.47 Å². The zero-order valence-electron chi connectivity index (χ0n) is 10.8. The number of carboxylic acids is 2. The second-order valence-corrected chi connectivity index (χ2v) is 3.90. The van der Waals surface area contributed by atoms with Crippen LogP contribution in [0.4, 0.5) is 0 Å². The molecule has 0 aromatic heterocycles. The van der Waals surface area contributed by atoms with Crippen LogP contribution in [0.3, 0.4) is 0 Å².